The number of barbiturate groups is 1. The van der Waals surface area contributed by atoms with Crippen molar-refractivity contribution >= 4 is 29.8 Å². The van der Waals surface area contributed by atoms with Gasteiger partial charge in [-0.2, -0.15) is 0 Å². The molecule has 0 unspecified atom stereocenters. The van der Waals surface area contributed by atoms with Crippen LogP contribution in [0.5, 0.6) is 0 Å². The summed E-state index contributed by atoms with van der Waals surface area (Å²) in [4.78, 5) is 57.4. The molecular weight excluding hydrogens is 412 g/mol. The van der Waals surface area contributed by atoms with E-state index in [4.69, 9.17) is 0 Å². The van der Waals surface area contributed by atoms with Crippen LogP contribution in [-0.4, -0.2) is 29.8 Å². The molecule has 9 nitrogen and oxygen atoms in total. The summed E-state index contributed by atoms with van der Waals surface area (Å²) in [5.41, 5.74) is -0.720. The fraction of sp³-hybridized carbons (Fsp3) is 0.261. The molecule has 2 heterocycles. The van der Waals surface area contributed by atoms with Gasteiger partial charge in [0.15, 0.2) is 5.54 Å². The highest BCUT2D eigenvalue weighted by Gasteiger charge is 2.49. The second kappa shape index (κ2) is 9.01. The normalized spacial score (nSPS) is 18.5. The van der Waals surface area contributed by atoms with E-state index in [2.05, 4.69) is 21.3 Å². The van der Waals surface area contributed by atoms with E-state index in [1.54, 1.807) is 13.8 Å². The molecule has 0 aliphatic carbocycles. The van der Waals surface area contributed by atoms with Crippen molar-refractivity contribution in [1.29, 1.82) is 0 Å². The first-order valence-corrected chi connectivity index (χ1v) is 10.2. The Bertz CT molecular complexity index is 987. The number of urea groups is 2. The molecule has 2 aromatic carbocycles. The minimum absolute atomic E-state index is 0.352. The summed E-state index contributed by atoms with van der Waals surface area (Å²) in [5, 5.41) is 9.25. The second-order valence-electron chi connectivity index (χ2n) is 7.42. The molecule has 0 spiro atoms. The van der Waals surface area contributed by atoms with Crippen LogP contribution >= 0.6 is 0 Å². The van der Waals surface area contributed by atoms with Gasteiger partial charge in [0, 0.05) is 0 Å². The monoisotopic (exact) mass is 436 g/mol. The summed E-state index contributed by atoms with van der Waals surface area (Å²) in [5.74, 6) is -1.34. The Labute approximate surface area is 185 Å². The van der Waals surface area contributed by atoms with Crippen LogP contribution in [0.4, 0.5) is 9.59 Å². The third kappa shape index (κ3) is 3.84. The molecule has 2 aromatic rings. The Morgan fingerprint density at radius 2 is 1.00 bits per heavy atom. The van der Waals surface area contributed by atoms with E-state index in [9.17, 15) is 24.0 Å². The summed E-state index contributed by atoms with van der Waals surface area (Å²) in [6.07, 6.45) is 0.795. The molecule has 0 atom stereocenters. The van der Waals surface area contributed by atoms with E-state index in [1.165, 1.54) is 0 Å². The number of rotatable bonds is 4. The van der Waals surface area contributed by atoms with E-state index < -0.39 is 34.8 Å². The third-order valence-corrected chi connectivity index (χ3v) is 5.81. The molecule has 0 aromatic heterocycles. The van der Waals surface area contributed by atoms with E-state index in [0.29, 0.717) is 12.8 Å². The van der Waals surface area contributed by atoms with Gasteiger partial charge in [-0.25, -0.2) is 9.59 Å². The minimum atomic E-state index is -1.14. The number of hydrogen-bond acceptors (Lipinski definition) is 5. The molecule has 9 heteroatoms. The smallest absolute Gasteiger partial charge is 0.316 e. The maximum Gasteiger partial charge on any atom is 0.328 e. The van der Waals surface area contributed by atoms with Gasteiger partial charge in [0.1, 0.15) is 5.41 Å². The SMILES string of the molecule is CCC1(CC)C(=O)NC(=O)NC1=O.O=C1NC(=O)C(c2ccccc2)(c2ccccc2)N1. The van der Waals surface area contributed by atoms with Crippen LogP contribution in [-0.2, 0) is 19.9 Å². The van der Waals surface area contributed by atoms with Gasteiger partial charge < -0.3 is 5.32 Å². The zero-order valence-corrected chi connectivity index (χ0v) is 17.7. The van der Waals surface area contributed by atoms with Gasteiger partial charge in [-0.3, -0.25) is 30.3 Å². The number of imide groups is 3. The van der Waals surface area contributed by atoms with Crippen molar-refractivity contribution in [3.05, 3.63) is 71.8 Å². The lowest BCUT2D eigenvalue weighted by Crippen LogP contribution is -2.61. The molecule has 2 aliphatic rings. The van der Waals surface area contributed by atoms with Crippen LogP contribution in [0.2, 0.25) is 0 Å². The zero-order valence-electron chi connectivity index (χ0n) is 17.7. The molecule has 0 radical (unpaired) electrons. The minimum Gasteiger partial charge on any atom is -0.316 e. The highest BCUT2D eigenvalue weighted by molar-refractivity contribution is 6.19. The molecule has 0 saturated carbocycles. The van der Waals surface area contributed by atoms with Gasteiger partial charge in [0.25, 0.3) is 5.91 Å². The number of benzene rings is 2. The summed E-state index contributed by atoms with van der Waals surface area (Å²) in [6.45, 7) is 3.50. The molecule has 32 heavy (non-hydrogen) atoms. The van der Waals surface area contributed by atoms with Gasteiger partial charge in [-0.15, -0.1) is 0 Å². The second-order valence-corrected chi connectivity index (χ2v) is 7.42. The largest absolute Gasteiger partial charge is 0.328 e. The van der Waals surface area contributed by atoms with Crippen molar-refractivity contribution in [2.75, 3.05) is 0 Å². The van der Waals surface area contributed by atoms with E-state index in [1.807, 2.05) is 60.7 Å². The summed E-state index contributed by atoms with van der Waals surface area (Å²) < 4.78 is 0. The fourth-order valence-corrected chi connectivity index (χ4v) is 3.88. The first-order valence-electron chi connectivity index (χ1n) is 10.2. The molecule has 0 bridgehead atoms. The van der Waals surface area contributed by atoms with E-state index in [-0.39, 0.29) is 5.91 Å². The highest BCUT2D eigenvalue weighted by atomic mass is 16.2. The highest BCUT2D eigenvalue weighted by Crippen LogP contribution is 2.32. The predicted octanol–water partition coefficient (Wildman–Crippen LogP) is 1.93. The van der Waals surface area contributed by atoms with Crippen molar-refractivity contribution in [3.63, 3.8) is 0 Å². The average Bonchev–Trinajstić information content (AvgIpc) is 3.10. The Kier molecular flexibility index (Phi) is 6.38. The average molecular weight is 436 g/mol. The Morgan fingerprint density at radius 1 is 0.594 bits per heavy atom. The quantitative estimate of drug-likeness (QED) is 0.429. The Morgan fingerprint density at radius 3 is 1.34 bits per heavy atom. The number of nitrogens with one attached hydrogen (secondary N) is 4. The van der Waals surface area contributed by atoms with Gasteiger partial charge in [0.2, 0.25) is 11.8 Å². The molecule has 166 valence electrons. The maximum absolute atomic E-state index is 12.3. The van der Waals surface area contributed by atoms with Crippen LogP contribution in [0.25, 0.3) is 0 Å². The van der Waals surface area contributed by atoms with Gasteiger partial charge in [0.05, 0.1) is 0 Å². The fourth-order valence-electron chi connectivity index (χ4n) is 3.88. The third-order valence-electron chi connectivity index (χ3n) is 5.81. The molecule has 4 N–H and O–H groups in total. The van der Waals surface area contributed by atoms with Crippen molar-refractivity contribution < 1.29 is 24.0 Å². The maximum atomic E-state index is 12.3. The van der Waals surface area contributed by atoms with Crippen molar-refractivity contribution in [2.24, 2.45) is 5.41 Å². The van der Waals surface area contributed by atoms with Crippen LogP contribution < -0.4 is 21.3 Å². The lowest BCUT2D eigenvalue weighted by Gasteiger charge is -2.31. The molecule has 2 aliphatic heterocycles. The topological polar surface area (TPSA) is 133 Å². The molecule has 4 rings (SSSR count). The van der Waals surface area contributed by atoms with Crippen molar-refractivity contribution in [1.82, 2.24) is 21.3 Å². The standard InChI is InChI=1S/C15H12N2O2.C8H12N2O3/c18-13-15(17-14(19)16-13,11-7-3-1-4-8-11)12-9-5-2-6-10-12;1-3-8(4-2)5(11)9-7(13)10-6(8)12/h1-10H,(H2,16,17,18,19);3-4H2,1-2H3,(H2,9,10,11,12,13). The van der Waals surface area contributed by atoms with Crippen LogP contribution in [0, 0.1) is 5.41 Å². The summed E-state index contributed by atoms with van der Waals surface area (Å²) in [6, 6.07) is 17.2. The van der Waals surface area contributed by atoms with Gasteiger partial charge in [-0.05, 0) is 24.0 Å². The Hall–Kier alpha value is -4.01. The number of carbonyl (C=O) groups is 5. The first-order chi connectivity index (χ1) is 15.3. The molecule has 2 saturated heterocycles. The van der Waals surface area contributed by atoms with Crippen LogP contribution in [0.15, 0.2) is 60.7 Å². The van der Waals surface area contributed by atoms with Crippen molar-refractivity contribution in [2.45, 2.75) is 32.2 Å². The van der Waals surface area contributed by atoms with Gasteiger partial charge in [-0.1, -0.05) is 74.5 Å². The molecule has 2 fully saturated rings. The summed E-state index contributed by atoms with van der Waals surface area (Å²) in [7, 11) is 0. The van der Waals surface area contributed by atoms with E-state index in [0.717, 1.165) is 11.1 Å². The number of amides is 7. The first kappa shape index (κ1) is 22.7. The number of carbonyl (C=O) groups excluding carboxylic acids is 5. The van der Waals surface area contributed by atoms with Gasteiger partial charge >= 0.3 is 12.1 Å². The Balaban J connectivity index is 0.000000195. The number of hydrogen-bond donors (Lipinski definition) is 4. The van der Waals surface area contributed by atoms with Crippen LogP contribution in [0.3, 0.4) is 0 Å². The van der Waals surface area contributed by atoms with Crippen LogP contribution in [0.1, 0.15) is 37.8 Å². The zero-order chi connectivity index (χ0) is 23.4. The lowest BCUT2D eigenvalue weighted by molar-refractivity contribution is -0.144. The molecule has 7 amide bonds. The summed E-state index contributed by atoms with van der Waals surface area (Å²) >= 11 is 0. The predicted molar refractivity (Wildman–Crippen MR) is 115 cm³/mol. The van der Waals surface area contributed by atoms with Crippen molar-refractivity contribution in [3.8, 4) is 0 Å². The lowest BCUT2D eigenvalue weighted by atomic mass is 9.79. The molecular formula is C23H24N4O5. The van der Waals surface area contributed by atoms with E-state index >= 15 is 0 Å².